The van der Waals surface area contributed by atoms with Crippen molar-refractivity contribution in [3.8, 4) is 5.75 Å². The molecule has 20 heavy (non-hydrogen) atoms. The van der Waals surface area contributed by atoms with Gasteiger partial charge in [0.05, 0.1) is 6.61 Å². The summed E-state index contributed by atoms with van der Waals surface area (Å²) >= 11 is 6.25. The maximum Gasteiger partial charge on any atom is 0.127 e. The summed E-state index contributed by atoms with van der Waals surface area (Å²) in [7, 11) is 0. The average molecular weight is 295 g/mol. The molecule has 0 atom stereocenters. The van der Waals surface area contributed by atoms with Crippen LogP contribution in [-0.2, 0) is 13.0 Å². The number of benzene rings is 1. The van der Waals surface area contributed by atoms with Gasteiger partial charge in [-0.1, -0.05) is 11.6 Å². The van der Waals surface area contributed by atoms with Crippen molar-refractivity contribution in [1.82, 2.24) is 10.2 Å². The fourth-order valence-corrected chi connectivity index (χ4v) is 3.53. The van der Waals surface area contributed by atoms with Crippen molar-refractivity contribution >= 4 is 11.6 Å². The SMILES string of the molecule is CC1(C)CN(Cc2cc(Cl)cc3c2OCC3)CCCN1. The van der Waals surface area contributed by atoms with Crippen LogP contribution in [0.15, 0.2) is 12.1 Å². The van der Waals surface area contributed by atoms with Crippen molar-refractivity contribution in [2.24, 2.45) is 0 Å². The molecule has 3 rings (SSSR count). The molecule has 1 N–H and O–H groups in total. The Morgan fingerprint density at radius 3 is 3.10 bits per heavy atom. The van der Waals surface area contributed by atoms with Crippen LogP contribution in [0.2, 0.25) is 5.02 Å². The van der Waals surface area contributed by atoms with E-state index in [1.165, 1.54) is 17.5 Å². The highest BCUT2D eigenvalue weighted by molar-refractivity contribution is 6.30. The third-order valence-electron chi connectivity index (χ3n) is 4.09. The Morgan fingerprint density at radius 2 is 2.25 bits per heavy atom. The molecule has 0 bridgehead atoms. The summed E-state index contributed by atoms with van der Waals surface area (Å²) in [5.41, 5.74) is 2.67. The minimum atomic E-state index is 0.166. The predicted octanol–water partition coefficient (Wildman–Crippen LogP) is 2.85. The van der Waals surface area contributed by atoms with Gasteiger partial charge in [-0.3, -0.25) is 4.90 Å². The third-order valence-corrected chi connectivity index (χ3v) is 4.31. The maximum atomic E-state index is 6.25. The Bertz CT molecular complexity index is 501. The van der Waals surface area contributed by atoms with E-state index in [1.807, 2.05) is 6.07 Å². The number of nitrogens with one attached hydrogen (secondary N) is 1. The van der Waals surface area contributed by atoms with Crippen LogP contribution < -0.4 is 10.1 Å². The Balaban J connectivity index is 1.80. The molecule has 3 nitrogen and oxygen atoms in total. The Hall–Kier alpha value is -0.770. The molecular weight excluding hydrogens is 272 g/mol. The van der Waals surface area contributed by atoms with E-state index in [1.54, 1.807) is 0 Å². The number of rotatable bonds is 2. The summed E-state index contributed by atoms with van der Waals surface area (Å²) in [6, 6.07) is 4.11. The highest BCUT2D eigenvalue weighted by atomic mass is 35.5. The molecule has 1 fully saturated rings. The van der Waals surface area contributed by atoms with Crippen LogP contribution in [0, 0.1) is 0 Å². The van der Waals surface area contributed by atoms with Crippen molar-refractivity contribution in [3.05, 3.63) is 28.3 Å². The lowest BCUT2D eigenvalue weighted by atomic mass is 10.0. The highest BCUT2D eigenvalue weighted by Gasteiger charge is 2.26. The first kappa shape index (κ1) is 14.2. The molecule has 1 saturated heterocycles. The Morgan fingerprint density at radius 1 is 1.40 bits per heavy atom. The van der Waals surface area contributed by atoms with E-state index < -0.39 is 0 Å². The number of ether oxygens (including phenoxy) is 1. The van der Waals surface area contributed by atoms with Crippen molar-refractivity contribution in [3.63, 3.8) is 0 Å². The summed E-state index contributed by atoms with van der Waals surface area (Å²) in [5.74, 6) is 1.07. The molecule has 0 aromatic heterocycles. The first-order valence-corrected chi connectivity index (χ1v) is 7.83. The van der Waals surface area contributed by atoms with Gasteiger partial charge in [-0.05, 0) is 51.1 Å². The number of halogens is 1. The zero-order chi connectivity index (χ0) is 14.2. The molecule has 0 amide bonds. The second kappa shape index (κ2) is 5.55. The van der Waals surface area contributed by atoms with E-state index in [9.17, 15) is 0 Å². The van der Waals surface area contributed by atoms with E-state index in [2.05, 4.69) is 30.1 Å². The van der Waals surface area contributed by atoms with Crippen LogP contribution >= 0.6 is 11.6 Å². The first-order valence-electron chi connectivity index (χ1n) is 7.45. The largest absolute Gasteiger partial charge is 0.493 e. The predicted molar refractivity (Wildman–Crippen MR) is 82.6 cm³/mol. The molecule has 2 aliphatic heterocycles. The van der Waals surface area contributed by atoms with Gasteiger partial charge >= 0.3 is 0 Å². The Kier molecular flexibility index (Phi) is 3.93. The fourth-order valence-electron chi connectivity index (χ4n) is 3.26. The van der Waals surface area contributed by atoms with Crippen molar-refractivity contribution < 1.29 is 4.74 Å². The monoisotopic (exact) mass is 294 g/mol. The summed E-state index contributed by atoms with van der Waals surface area (Å²) < 4.78 is 5.81. The molecular formula is C16H23ClN2O. The molecule has 1 aromatic rings. The standard InChI is InChI=1S/C16H23ClN2O/c1-16(2)11-19(6-3-5-18-16)10-13-9-14(17)8-12-4-7-20-15(12)13/h8-9,18H,3-7,10-11H2,1-2H3. The van der Waals surface area contributed by atoms with Crippen molar-refractivity contribution in [1.29, 1.82) is 0 Å². The second-order valence-corrected chi connectivity index (χ2v) is 6.96. The molecule has 2 heterocycles. The number of hydrogen-bond acceptors (Lipinski definition) is 3. The van der Waals surface area contributed by atoms with Crippen molar-refractivity contribution in [2.45, 2.75) is 38.8 Å². The van der Waals surface area contributed by atoms with Gasteiger partial charge in [0.15, 0.2) is 0 Å². The normalized spacial score (nSPS) is 22.1. The van der Waals surface area contributed by atoms with E-state index in [-0.39, 0.29) is 5.54 Å². The van der Waals surface area contributed by atoms with Gasteiger partial charge in [-0.2, -0.15) is 0 Å². The lowest BCUT2D eigenvalue weighted by Crippen LogP contribution is -2.46. The molecule has 0 spiro atoms. The van der Waals surface area contributed by atoms with E-state index in [4.69, 9.17) is 16.3 Å². The molecule has 4 heteroatoms. The van der Waals surface area contributed by atoms with Gasteiger partial charge < -0.3 is 10.1 Å². The van der Waals surface area contributed by atoms with Gasteiger partial charge in [-0.25, -0.2) is 0 Å². The topological polar surface area (TPSA) is 24.5 Å². The summed E-state index contributed by atoms with van der Waals surface area (Å²) in [6.45, 7) is 9.51. The number of nitrogens with zero attached hydrogens (tertiary/aromatic N) is 1. The number of hydrogen-bond donors (Lipinski definition) is 1. The van der Waals surface area contributed by atoms with Gasteiger partial charge in [-0.15, -0.1) is 0 Å². The minimum absolute atomic E-state index is 0.166. The molecule has 110 valence electrons. The zero-order valence-electron chi connectivity index (χ0n) is 12.3. The van der Waals surface area contributed by atoms with Crippen LogP contribution in [0.4, 0.5) is 0 Å². The molecule has 2 aliphatic rings. The third kappa shape index (κ3) is 3.11. The van der Waals surface area contributed by atoms with Crippen LogP contribution in [0.1, 0.15) is 31.4 Å². The van der Waals surface area contributed by atoms with Crippen molar-refractivity contribution in [2.75, 3.05) is 26.2 Å². The van der Waals surface area contributed by atoms with Crippen LogP contribution in [0.25, 0.3) is 0 Å². The maximum absolute atomic E-state index is 6.25. The van der Waals surface area contributed by atoms with Gasteiger partial charge in [0, 0.05) is 35.6 Å². The molecule has 1 aromatic carbocycles. The molecule has 0 aliphatic carbocycles. The van der Waals surface area contributed by atoms with E-state index >= 15 is 0 Å². The minimum Gasteiger partial charge on any atom is -0.493 e. The highest BCUT2D eigenvalue weighted by Crippen LogP contribution is 2.33. The van der Waals surface area contributed by atoms with Crippen LogP contribution in [0.3, 0.4) is 0 Å². The van der Waals surface area contributed by atoms with Crippen LogP contribution in [-0.4, -0.2) is 36.7 Å². The number of fused-ring (bicyclic) bond motifs is 1. The Labute approximate surface area is 126 Å². The molecule has 0 radical (unpaired) electrons. The van der Waals surface area contributed by atoms with Gasteiger partial charge in [0.25, 0.3) is 0 Å². The summed E-state index contributed by atoms with van der Waals surface area (Å²) in [6.07, 6.45) is 2.17. The van der Waals surface area contributed by atoms with E-state index in [0.29, 0.717) is 0 Å². The first-order chi connectivity index (χ1) is 9.53. The molecule has 0 saturated carbocycles. The molecule has 0 unspecified atom stereocenters. The summed E-state index contributed by atoms with van der Waals surface area (Å²) in [4.78, 5) is 2.51. The smallest absolute Gasteiger partial charge is 0.127 e. The quantitative estimate of drug-likeness (QED) is 0.908. The second-order valence-electron chi connectivity index (χ2n) is 6.53. The van der Waals surface area contributed by atoms with Crippen LogP contribution in [0.5, 0.6) is 5.75 Å². The van der Waals surface area contributed by atoms with E-state index in [0.717, 1.165) is 50.0 Å². The zero-order valence-corrected chi connectivity index (χ0v) is 13.1. The lowest BCUT2D eigenvalue weighted by molar-refractivity contribution is 0.221. The fraction of sp³-hybridized carbons (Fsp3) is 0.625. The van der Waals surface area contributed by atoms with Gasteiger partial charge in [0.1, 0.15) is 5.75 Å². The lowest BCUT2D eigenvalue weighted by Gasteiger charge is -2.30. The van der Waals surface area contributed by atoms with Gasteiger partial charge in [0.2, 0.25) is 0 Å². The average Bonchev–Trinajstić information content (AvgIpc) is 2.75. The summed E-state index contributed by atoms with van der Waals surface area (Å²) in [5, 5.41) is 4.43.